The molecule has 0 aromatic rings. The Balaban J connectivity index is 2.87. The first-order valence-corrected chi connectivity index (χ1v) is 8.95. The van der Waals surface area contributed by atoms with Gasteiger partial charge in [0.15, 0.2) is 11.5 Å². The van der Waals surface area contributed by atoms with Crippen molar-refractivity contribution in [1.82, 2.24) is 0 Å². The zero-order valence-electron chi connectivity index (χ0n) is 17.5. The number of carbonyl (C=O) groups excluding carboxylic acids is 1. The van der Waals surface area contributed by atoms with E-state index < -0.39 is 5.97 Å². The van der Waals surface area contributed by atoms with Gasteiger partial charge in [0.25, 0.3) is 0 Å². The van der Waals surface area contributed by atoms with Gasteiger partial charge in [-0.25, -0.2) is 4.79 Å². The third kappa shape index (κ3) is 6.75. The van der Waals surface area contributed by atoms with E-state index in [2.05, 4.69) is 38.2 Å². The molecule has 0 N–H and O–H groups in total. The second-order valence-corrected chi connectivity index (χ2v) is 6.96. The van der Waals surface area contributed by atoms with E-state index in [0.29, 0.717) is 17.4 Å². The Bertz CT molecular complexity index is 668. The van der Waals surface area contributed by atoms with Gasteiger partial charge in [0.2, 0.25) is 0 Å². The maximum Gasteiger partial charge on any atom is 0.334 e. The van der Waals surface area contributed by atoms with Crippen LogP contribution < -0.4 is 0 Å². The van der Waals surface area contributed by atoms with Crippen LogP contribution in [0.5, 0.6) is 0 Å². The Morgan fingerprint density at radius 2 is 1.70 bits per heavy atom. The van der Waals surface area contributed by atoms with Crippen molar-refractivity contribution >= 4 is 5.97 Å². The van der Waals surface area contributed by atoms with Gasteiger partial charge in [0, 0.05) is 0 Å². The summed E-state index contributed by atoms with van der Waals surface area (Å²) in [6.45, 7) is 12.2. The Hall–Kier alpha value is -2.27. The van der Waals surface area contributed by atoms with Gasteiger partial charge >= 0.3 is 5.97 Å². The second kappa shape index (κ2) is 10.2. The predicted octanol–water partition coefficient (Wildman–Crippen LogP) is 4.48. The molecule has 3 atom stereocenters. The maximum atomic E-state index is 11.4. The molecule has 0 bridgehead atoms. The summed E-state index contributed by atoms with van der Waals surface area (Å²) in [4.78, 5) is 11.4. The Morgan fingerprint density at radius 3 is 2.19 bits per heavy atom. The molecule has 1 fully saturated rings. The van der Waals surface area contributed by atoms with Gasteiger partial charge in [0.1, 0.15) is 6.10 Å². The number of carbonyl (C=O) groups is 1. The number of epoxide rings is 1. The lowest BCUT2D eigenvalue weighted by atomic mass is 9.89. The van der Waals surface area contributed by atoms with Crippen molar-refractivity contribution in [2.75, 3.05) is 21.3 Å². The van der Waals surface area contributed by atoms with E-state index in [0.717, 1.165) is 12.0 Å². The monoisotopic (exact) mass is 376 g/mol. The summed E-state index contributed by atoms with van der Waals surface area (Å²) >= 11 is 0. The fraction of sp³-hybridized carbons (Fsp3) is 0.500. The molecule has 0 radical (unpaired) electrons. The van der Waals surface area contributed by atoms with Crippen LogP contribution in [-0.4, -0.2) is 39.0 Å². The number of esters is 1. The summed E-state index contributed by atoms with van der Waals surface area (Å²) < 4.78 is 20.9. The van der Waals surface area contributed by atoms with E-state index in [-0.39, 0.29) is 11.7 Å². The maximum absolute atomic E-state index is 11.4. The summed E-state index contributed by atoms with van der Waals surface area (Å²) in [6, 6.07) is 0. The molecule has 3 unspecified atom stereocenters. The summed E-state index contributed by atoms with van der Waals surface area (Å²) in [5.74, 6) is 0.641. The fourth-order valence-electron chi connectivity index (χ4n) is 2.80. The lowest BCUT2D eigenvalue weighted by molar-refractivity contribution is -0.135. The standard InChI is InChI=1S/C22H32O5/c1-9-20-22(5,27-20)14-17(4)16(3)11-10-15(2)12-18(24-6)19(25-7)13-21(23)26-8/h9-13,17,20H,1,14H2,2-8H3/b15-10-,16-11-,18-12-,19-13+. The lowest BCUT2D eigenvalue weighted by Crippen LogP contribution is -2.14. The molecule has 0 aliphatic carbocycles. The highest BCUT2D eigenvalue weighted by Gasteiger charge is 2.50. The van der Waals surface area contributed by atoms with Crippen molar-refractivity contribution in [2.24, 2.45) is 5.92 Å². The number of hydrogen-bond acceptors (Lipinski definition) is 5. The molecule has 0 amide bonds. The quantitative estimate of drug-likeness (QED) is 0.140. The van der Waals surface area contributed by atoms with Gasteiger partial charge in [-0.3, -0.25) is 0 Å². The van der Waals surface area contributed by atoms with Crippen LogP contribution in [0, 0.1) is 5.92 Å². The van der Waals surface area contributed by atoms with Crippen molar-refractivity contribution in [2.45, 2.75) is 45.8 Å². The first-order valence-electron chi connectivity index (χ1n) is 8.95. The fourth-order valence-corrected chi connectivity index (χ4v) is 2.80. The van der Waals surface area contributed by atoms with Crippen LogP contribution in [0.15, 0.2) is 59.6 Å². The molecule has 0 saturated carbocycles. The third-order valence-electron chi connectivity index (χ3n) is 4.74. The van der Waals surface area contributed by atoms with Crippen molar-refractivity contribution < 1.29 is 23.7 Å². The molecular formula is C22H32O5. The minimum atomic E-state index is -0.505. The van der Waals surface area contributed by atoms with Crippen molar-refractivity contribution in [3.05, 3.63) is 59.6 Å². The summed E-state index contributed by atoms with van der Waals surface area (Å²) in [5, 5.41) is 0. The Morgan fingerprint density at radius 1 is 1.11 bits per heavy atom. The number of rotatable bonds is 10. The van der Waals surface area contributed by atoms with Gasteiger partial charge < -0.3 is 18.9 Å². The van der Waals surface area contributed by atoms with Crippen molar-refractivity contribution in [3.63, 3.8) is 0 Å². The Labute approximate surface area is 163 Å². The highest BCUT2D eigenvalue weighted by Crippen LogP contribution is 2.43. The molecule has 1 aliphatic heterocycles. The molecule has 5 heteroatoms. The average Bonchev–Trinajstić information content (AvgIpc) is 3.31. The summed E-state index contributed by atoms with van der Waals surface area (Å²) in [5.41, 5.74) is 2.13. The zero-order valence-corrected chi connectivity index (χ0v) is 17.5. The van der Waals surface area contributed by atoms with Crippen molar-refractivity contribution in [3.8, 4) is 0 Å². The van der Waals surface area contributed by atoms with E-state index in [1.807, 2.05) is 25.2 Å². The van der Waals surface area contributed by atoms with Crippen LogP contribution in [0.1, 0.15) is 34.1 Å². The number of ether oxygens (including phenoxy) is 4. The molecule has 0 aromatic carbocycles. The molecule has 0 spiro atoms. The molecule has 1 saturated heterocycles. The Kier molecular flexibility index (Phi) is 8.57. The van der Waals surface area contributed by atoms with Crippen LogP contribution in [0.4, 0.5) is 0 Å². The van der Waals surface area contributed by atoms with E-state index in [9.17, 15) is 4.79 Å². The molecular weight excluding hydrogens is 344 g/mol. The first-order chi connectivity index (χ1) is 12.7. The van der Waals surface area contributed by atoms with E-state index in [4.69, 9.17) is 14.2 Å². The highest BCUT2D eigenvalue weighted by atomic mass is 16.6. The van der Waals surface area contributed by atoms with Crippen LogP contribution in [-0.2, 0) is 23.7 Å². The lowest BCUT2D eigenvalue weighted by Gasteiger charge is -2.15. The van der Waals surface area contributed by atoms with Gasteiger partial charge in [-0.15, -0.1) is 6.58 Å². The van der Waals surface area contributed by atoms with Gasteiger partial charge in [-0.1, -0.05) is 30.7 Å². The molecule has 1 rings (SSSR count). The largest absolute Gasteiger partial charge is 0.493 e. The predicted molar refractivity (Wildman–Crippen MR) is 107 cm³/mol. The third-order valence-corrected chi connectivity index (χ3v) is 4.74. The van der Waals surface area contributed by atoms with Gasteiger partial charge in [0.05, 0.1) is 33.0 Å². The molecule has 5 nitrogen and oxygen atoms in total. The van der Waals surface area contributed by atoms with Gasteiger partial charge in [-0.05, 0) is 44.8 Å². The van der Waals surface area contributed by atoms with Crippen LogP contribution >= 0.6 is 0 Å². The van der Waals surface area contributed by atoms with Crippen LogP contribution in [0.25, 0.3) is 0 Å². The topological polar surface area (TPSA) is 57.3 Å². The summed E-state index contributed by atoms with van der Waals surface area (Å²) in [7, 11) is 4.31. The van der Waals surface area contributed by atoms with Crippen LogP contribution in [0.2, 0.25) is 0 Å². The number of hydrogen-bond donors (Lipinski definition) is 0. The molecule has 150 valence electrons. The van der Waals surface area contributed by atoms with Crippen molar-refractivity contribution in [1.29, 1.82) is 0 Å². The normalized spacial score (nSPS) is 24.9. The number of allylic oxidation sites excluding steroid dienone is 5. The summed E-state index contributed by atoms with van der Waals surface area (Å²) in [6.07, 6.45) is 10.1. The average molecular weight is 376 g/mol. The molecule has 1 heterocycles. The smallest absolute Gasteiger partial charge is 0.334 e. The zero-order chi connectivity index (χ0) is 20.6. The first kappa shape index (κ1) is 22.8. The van der Waals surface area contributed by atoms with E-state index in [1.165, 1.54) is 33.0 Å². The minimum Gasteiger partial charge on any atom is -0.493 e. The van der Waals surface area contributed by atoms with E-state index in [1.54, 1.807) is 0 Å². The van der Waals surface area contributed by atoms with Gasteiger partial charge in [-0.2, -0.15) is 0 Å². The molecule has 1 aliphatic rings. The second-order valence-electron chi connectivity index (χ2n) is 6.96. The van der Waals surface area contributed by atoms with E-state index >= 15 is 0 Å². The van der Waals surface area contributed by atoms with Crippen LogP contribution in [0.3, 0.4) is 0 Å². The minimum absolute atomic E-state index is 0.0931. The number of methoxy groups -OCH3 is 3. The molecule has 27 heavy (non-hydrogen) atoms. The molecule has 0 aromatic heterocycles. The highest BCUT2D eigenvalue weighted by molar-refractivity contribution is 5.83. The SMILES string of the molecule is C=CC1OC1(C)CC(C)\C(C)=C/C=C(C)\C=C(OC)\C(=C/C(=O)OC)OC.